The van der Waals surface area contributed by atoms with Crippen LogP contribution < -0.4 is 0 Å². The van der Waals surface area contributed by atoms with Gasteiger partial charge in [-0.1, -0.05) is 27.4 Å². The van der Waals surface area contributed by atoms with Crippen molar-refractivity contribution in [1.82, 2.24) is 0 Å². The third-order valence-corrected chi connectivity index (χ3v) is 8.67. The zero-order chi connectivity index (χ0) is 13.5. The van der Waals surface area contributed by atoms with Gasteiger partial charge in [0.25, 0.3) is 0 Å². The van der Waals surface area contributed by atoms with Gasteiger partial charge in [0.1, 0.15) is 6.61 Å². The Hall–Kier alpha value is -1.28. The molecule has 0 aromatic rings. The normalized spacial score (nSPS) is 12.6. The van der Waals surface area contributed by atoms with Gasteiger partial charge < -0.3 is 9.84 Å². The molecule has 0 atom stereocenters. The molecule has 0 rings (SSSR count). The van der Waals surface area contributed by atoms with Crippen molar-refractivity contribution < 1.29 is 9.84 Å². The zero-order valence-electron chi connectivity index (χ0n) is 11.3. The van der Waals surface area contributed by atoms with Crippen molar-refractivity contribution >= 4 is 8.07 Å². The number of nitrogens with zero attached hydrogens (tertiary/aromatic N) is 2. The second-order valence-corrected chi connectivity index (χ2v) is 9.50. The summed E-state index contributed by atoms with van der Waals surface area (Å²) < 4.78 is 5.18. The van der Waals surface area contributed by atoms with Gasteiger partial charge >= 0.3 is 11.3 Å². The summed E-state index contributed by atoms with van der Waals surface area (Å²) in [5.74, 6) is -0.243. The minimum Gasteiger partial charge on any atom is -0.476 e. The summed E-state index contributed by atoms with van der Waals surface area (Å²) in [4.78, 5) is 3.29. The summed E-state index contributed by atoms with van der Waals surface area (Å²) in [5, 5.41) is 19.4. The van der Waals surface area contributed by atoms with Crippen LogP contribution >= 0.6 is 0 Å². The molecule has 0 aromatic heterocycles. The van der Waals surface area contributed by atoms with E-state index >= 15 is 0 Å². The first kappa shape index (κ1) is 15.7. The van der Waals surface area contributed by atoms with Gasteiger partial charge in [-0.2, -0.15) is 0 Å². The van der Waals surface area contributed by atoms with E-state index in [0.29, 0.717) is 5.32 Å². The fraction of sp³-hybridized carbons (Fsp3) is 0.667. The molecule has 0 saturated carbocycles. The quantitative estimate of drug-likeness (QED) is 0.321. The van der Waals surface area contributed by atoms with E-state index in [2.05, 4.69) is 32.3 Å². The second kappa shape index (κ2) is 7.12. The Kier molecular flexibility index (Phi) is 6.59. The molecule has 17 heavy (non-hydrogen) atoms. The largest absolute Gasteiger partial charge is 0.476 e. The Morgan fingerprint density at radius 2 is 1.76 bits per heavy atom. The van der Waals surface area contributed by atoms with E-state index in [1.54, 1.807) is 0 Å². The van der Waals surface area contributed by atoms with E-state index < -0.39 is 8.07 Å². The van der Waals surface area contributed by atoms with Crippen molar-refractivity contribution in [1.29, 1.82) is 5.39 Å². The van der Waals surface area contributed by atoms with E-state index in [4.69, 9.17) is 10.1 Å². The van der Waals surface area contributed by atoms with Gasteiger partial charge in [0.15, 0.2) is 4.98 Å². The fourth-order valence-electron chi connectivity index (χ4n) is 1.89. The van der Waals surface area contributed by atoms with Crippen LogP contribution in [0.25, 0.3) is 4.98 Å². The maximum atomic E-state index is 9.88. The van der Waals surface area contributed by atoms with Crippen molar-refractivity contribution in [2.24, 2.45) is 0 Å². The highest BCUT2D eigenvalue weighted by molar-refractivity contribution is 6.86. The van der Waals surface area contributed by atoms with E-state index in [0.717, 1.165) is 23.7 Å². The third-order valence-electron chi connectivity index (χ3n) is 3.29. The molecule has 0 saturated heterocycles. The lowest BCUT2D eigenvalue weighted by Gasteiger charge is -2.19. The van der Waals surface area contributed by atoms with Gasteiger partial charge in [0.05, 0.1) is 0 Å². The maximum absolute atomic E-state index is 9.88. The van der Waals surface area contributed by atoms with Crippen LogP contribution in [-0.2, 0) is 4.74 Å². The van der Waals surface area contributed by atoms with Crippen LogP contribution in [0.3, 0.4) is 0 Å². The first-order valence-electron chi connectivity index (χ1n) is 6.03. The molecule has 0 bridgehead atoms. The highest BCUT2D eigenvalue weighted by Crippen LogP contribution is 2.31. The lowest BCUT2D eigenvalue weighted by molar-refractivity contribution is 0.107. The number of aliphatic hydroxyl groups excluding tert-OH is 1. The standard InChI is InChI=1S/C12H22N2O2Si/c1-6-17(7-2,8-3)11(14-13)12(15)16-9-10(4)5/h4,6-9H2,1-3,5H3/p+1. The second-order valence-electron chi connectivity index (χ2n) is 4.34. The number of hydrogen-bond acceptors (Lipinski definition) is 3. The molecule has 96 valence electrons. The molecule has 0 radical (unpaired) electrons. The number of aliphatic hydroxyl groups is 1. The molecule has 0 unspecified atom stereocenters. The summed E-state index contributed by atoms with van der Waals surface area (Å²) in [6, 6.07) is 2.75. The van der Waals surface area contributed by atoms with Crippen LogP contribution in [-0.4, -0.2) is 19.8 Å². The van der Waals surface area contributed by atoms with E-state index in [-0.39, 0.29) is 12.6 Å². The maximum Gasteiger partial charge on any atom is 0.404 e. The van der Waals surface area contributed by atoms with E-state index in [9.17, 15) is 5.11 Å². The van der Waals surface area contributed by atoms with Crippen LogP contribution in [0.5, 0.6) is 0 Å². The van der Waals surface area contributed by atoms with Crippen molar-refractivity contribution in [2.75, 3.05) is 6.61 Å². The van der Waals surface area contributed by atoms with Crippen LogP contribution in [0.1, 0.15) is 27.7 Å². The molecule has 0 fully saturated rings. The summed E-state index contributed by atoms with van der Waals surface area (Å²) >= 11 is 0. The Bertz CT molecular complexity index is 333. The van der Waals surface area contributed by atoms with Gasteiger partial charge in [0.2, 0.25) is 13.5 Å². The van der Waals surface area contributed by atoms with E-state index in [1.165, 1.54) is 0 Å². The van der Waals surface area contributed by atoms with Crippen LogP contribution in [0.4, 0.5) is 0 Å². The third kappa shape index (κ3) is 3.90. The van der Waals surface area contributed by atoms with Crippen LogP contribution in [0.15, 0.2) is 23.4 Å². The van der Waals surface area contributed by atoms with E-state index in [1.807, 2.05) is 6.92 Å². The summed E-state index contributed by atoms with van der Waals surface area (Å²) in [6.07, 6.45) is 0. The van der Waals surface area contributed by atoms with Gasteiger partial charge in [-0.3, -0.25) is 0 Å². The van der Waals surface area contributed by atoms with Crippen LogP contribution in [0, 0.1) is 5.39 Å². The summed E-state index contributed by atoms with van der Waals surface area (Å²) in [7, 11) is -1.92. The predicted molar refractivity (Wildman–Crippen MR) is 72.7 cm³/mol. The van der Waals surface area contributed by atoms with Crippen molar-refractivity contribution in [3.05, 3.63) is 28.4 Å². The average Bonchev–Trinajstić information content (AvgIpc) is 2.33. The first-order valence-corrected chi connectivity index (χ1v) is 8.65. The topological polar surface area (TPSA) is 57.6 Å². The first-order chi connectivity index (χ1) is 7.97. The minimum absolute atomic E-state index is 0.243. The van der Waals surface area contributed by atoms with Gasteiger partial charge in [0, 0.05) is 0 Å². The molecule has 0 aliphatic carbocycles. The fourth-order valence-corrected chi connectivity index (χ4v) is 5.13. The number of ether oxygens (including phenoxy) is 1. The molecule has 5 heteroatoms. The van der Waals surface area contributed by atoms with Gasteiger partial charge in [-0.05, 0) is 30.6 Å². The molecule has 1 N–H and O–H groups in total. The SMILES string of the molecule is C=C(C)COC(O)=C([N+]#N)[Si](CC)(CC)CC. The molecule has 0 spiro atoms. The Balaban J connectivity index is 5.21. The lowest BCUT2D eigenvalue weighted by Crippen LogP contribution is -2.34. The molecule has 0 aliphatic heterocycles. The van der Waals surface area contributed by atoms with Gasteiger partial charge in [-0.15, -0.1) is 0 Å². The Morgan fingerprint density at radius 3 is 2.06 bits per heavy atom. The number of diazo groups is 1. The molecule has 0 aromatic carbocycles. The Labute approximate surface area is 105 Å². The highest BCUT2D eigenvalue weighted by atomic mass is 28.3. The summed E-state index contributed by atoms with van der Waals surface area (Å²) in [5.41, 5.74) is 0.811. The zero-order valence-corrected chi connectivity index (χ0v) is 12.3. The molecule has 0 heterocycles. The monoisotopic (exact) mass is 255 g/mol. The van der Waals surface area contributed by atoms with Crippen LogP contribution in [0.2, 0.25) is 18.1 Å². The molecule has 0 aliphatic rings. The smallest absolute Gasteiger partial charge is 0.404 e. The van der Waals surface area contributed by atoms with Crippen molar-refractivity contribution in [2.45, 2.75) is 45.8 Å². The Morgan fingerprint density at radius 1 is 1.29 bits per heavy atom. The summed E-state index contributed by atoms with van der Waals surface area (Å²) in [6.45, 7) is 11.9. The molecule has 4 nitrogen and oxygen atoms in total. The minimum atomic E-state index is -1.92. The van der Waals surface area contributed by atoms with Gasteiger partial charge in [-0.25, -0.2) is 0 Å². The molecular weight excluding hydrogens is 232 g/mol. The molecular formula is C12H23N2O2Si+. The van der Waals surface area contributed by atoms with Crippen molar-refractivity contribution in [3.8, 4) is 0 Å². The number of rotatable bonds is 7. The number of hydrogen-bond donors (Lipinski definition) is 1. The van der Waals surface area contributed by atoms with Crippen molar-refractivity contribution in [3.63, 3.8) is 0 Å². The lowest BCUT2D eigenvalue weighted by atomic mass is 10.4. The highest BCUT2D eigenvalue weighted by Gasteiger charge is 2.46. The average molecular weight is 255 g/mol. The molecule has 0 amide bonds. The predicted octanol–water partition coefficient (Wildman–Crippen LogP) is 4.21.